The Morgan fingerprint density at radius 1 is 1.06 bits per heavy atom. The number of hydrogen-bond donors (Lipinski definition) is 1. The van der Waals surface area contributed by atoms with Crippen LogP contribution < -0.4 is 5.32 Å². The molecule has 1 heteroatoms. The van der Waals surface area contributed by atoms with Crippen molar-refractivity contribution in [2.45, 2.75) is 44.7 Å². The maximum absolute atomic E-state index is 3.84. The summed E-state index contributed by atoms with van der Waals surface area (Å²) in [6.45, 7) is 3.48. The molecule has 16 heavy (non-hydrogen) atoms. The lowest BCUT2D eigenvalue weighted by molar-refractivity contribution is 0.266. The maximum atomic E-state index is 3.84. The Labute approximate surface area is 98.3 Å². The minimum Gasteiger partial charge on any atom is -0.307 e. The molecule has 2 aliphatic carbocycles. The van der Waals surface area contributed by atoms with Gasteiger partial charge in [0.2, 0.25) is 0 Å². The van der Waals surface area contributed by atoms with Crippen molar-refractivity contribution in [1.29, 1.82) is 0 Å². The molecule has 0 bridgehead atoms. The molecule has 0 atom stereocenters. The van der Waals surface area contributed by atoms with Crippen LogP contribution in [-0.2, 0) is 6.54 Å². The molecule has 0 aliphatic heterocycles. The molecule has 0 radical (unpaired) electrons. The summed E-state index contributed by atoms with van der Waals surface area (Å²) in [7, 11) is 0. The summed E-state index contributed by atoms with van der Waals surface area (Å²) in [6.07, 6.45) is 5.76. The van der Waals surface area contributed by atoms with E-state index in [9.17, 15) is 0 Å². The van der Waals surface area contributed by atoms with Gasteiger partial charge in [0.05, 0.1) is 0 Å². The first-order chi connectivity index (χ1) is 7.79. The molecule has 3 rings (SSSR count). The Hall–Kier alpha value is -0.820. The second-order valence-corrected chi connectivity index (χ2v) is 5.67. The Kier molecular flexibility index (Phi) is 2.51. The third kappa shape index (κ3) is 2.01. The second kappa shape index (κ2) is 3.89. The molecule has 1 N–H and O–H groups in total. The fourth-order valence-electron chi connectivity index (χ4n) is 2.88. The van der Waals surface area contributed by atoms with Crippen molar-refractivity contribution in [3.63, 3.8) is 0 Å². The Bertz CT molecular complexity index is 337. The zero-order chi connectivity index (χ0) is 11.0. The monoisotopic (exact) mass is 215 g/mol. The van der Waals surface area contributed by atoms with Gasteiger partial charge in [0, 0.05) is 12.1 Å². The molecule has 1 aromatic carbocycles. The molecule has 86 valence electrons. The summed E-state index contributed by atoms with van der Waals surface area (Å²) >= 11 is 0. The van der Waals surface area contributed by atoms with Crippen molar-refractivity contribution >= 4 is 0 Å². The first-order valence-electron chi connectivity index (χ1n) is 6.58. The van der Waals surface area contributed by atoms with Gasteiger partial charge in [-0.2, -0.15) is 0 Å². The molecule has 0 aromatic heterocycles. The number of hydrogen-bond acceptors (Lipinski definition) is 1. The summed E-state index contributed by atoms with van der Waals surface area (Å²) in [5, 5.41) is 3.84. The maximum Gasteiger partial charge on any atom is 0.0212 e. The average Bonchev–Trinajstić information content (AvgIpc) is 3.20. The van der Waals surface area contributed by atoms with Crippen LogP contribution in [0.1, 0.15) is 38.2 Å². The summed E-state index contributed by atoms with van der Waals surface area (Å²) in [4.78, 5) is 0. The van der Waals surface area contributed by atoms with E-state index >= 15 is 0 Å². The summed E-state index contributed by atoms with van der Waals surface area (Å²) in [6, 6.07) is 10.8. The van der Waals surface area contributed by atoms with Crippen molar-refractivity contribution < 1.29 is 0 Å². The van der Waals surface area contributed by atoms with Gasteiger partial charge in [-0.25, -0.2) is 0 Å². The van der Waals surface area contributed by atoms with E-state index in [2.05, 4.69) is 42.6 Å². The van der Waals surface area contributed by atoms with E-state index in [-0.39, 0.29) is 0 Å². The van der Waals surface area contributed by atoms with E-state index in [1.54, 1.807) is 0 Å². The minimum absolute atomic E-state index is 0.426. The first kappa shape index (κ1) is 10.3. The molecule has 1 aromatic rings. The van der Waals surface area contributed by atoms with Crippen LogP contribution in [-0.4, -0.2) is 5.54 Å². The summed E-state index contributed by atoms with van der Waals surface area (Å²) in [5.41, 5.74) is 1.84. The third-order valence-electron chi connectivity index (χ3n) is 4.37. The molecule has 0 saturated heterocycles. The molecule has 2 aliphatic rings. The van der Waals surface area contributed by atoms with E-state index in [0.29, 0.717) is 5.54 Å². The lowest BCUT2D eigenvalue weighted by Crippen LogP contribution is -2.46. The van der Waals surface area contributed by atoms with Crippen molar-refractivity contribution in [2.24, 2.45) is 11.8 Å². The van der Waals surface area contributed by atoms with Crippen molar-refractivity contribution in [3.8, 4) is 0 Å². The molecule has 0 heterocycles. The molecule has 0 spiro atoms. The third-order valence-corrected chi connectivity index (χ3v) is 4.37. The highest BCUT2D eigenvalue weighted by Crippen LogP contribution is 2.51. The molecule has 2 saturated carbocycles. The molecule has 0 unspecified atom stereocenters. The number of benzene rings is 1. The van der Waals surface area contributed by atoms with Gasteiger partial charge >= 0.3 is 0 Å². The van der Waals surface area contributed by atoms with Crippen LogP contribution in [0.2, 0.25) is 0 Å². The Balaban J connectivity index is 1.64. The molecule has 1 nitrogen and oxygen atoms in total. The van der Waals surface area contributed by atoms with Crippen LogP contribution in [0.4, 0.5) is 0 Å². The lowest BCUT2D eigenvalue weighted by Gasteiger charge is -2.31. The lowest BCUT2D eigenvalue weighted by atomic mass is 9.89. The van der Waals surface area contributed by atoms with Gasteiger partial charge in [-0.15, -0.1) is 0 Å². The van der Waals surface area contributed by atoms with Gasteiger partial charge in [0.15, 0.2) is 0 Å². The first-order valence-corrected chi connectivity index (χ1v) is 6.58. The standard InChI is InChI=1S/C15H21N/c1-15(13-7-8-13,14-9-10-14)16-11-12-5-3-2-4-6-12/h2-6,13-14,16H,7-11H2,1H3. The fourth-order valence-corrected chi connectivity index (χ4v) is 2.88. The molecular weight excluding hydrogens is 194 g/mol. The van der Waals surface area contributed by atoms with Crippen molar-refractivity contribution in [2.75, 3.05) is 0 Å². The molecule has 0 amide bonds. The normalized spacial score (nSPS) is 21.1. The van der Waals surface area contributed by atoms with Crippen LogP contribution in [0.25, 0.3) is 0 Å². The largest absolute Gasteiger partial charge is 0.307 e. The summed E-state index contributed by atoms with van der Waals surface area (Å²) < 4.78 is 0. The number of rotatable bonds is 5. The van der Waals surface area contributed by atoms with Gasteiger partial charge < -0.3 is 5.32 Å². The quantitative estimate of drug-likeness (QED) is 0.794. The van der Waals surface area contributed by atoms with Crippen LogP contribution in [0.15, 0.2) is 30.3 Å². The van der Waals surface area contributed by atoms with E-state index < -0.39 is 0 Å². The Morgan fingerprint density at radius 3 is 2.12 bits per heavy atom. The molecule has 2 fully saturated rings. The van der Waals surface area contributed by atoms with Gasteiger partial charge in [-0.3, -0.25) is 0 Å². The highest BCUT2D eigenvalue weighted by Gasteiger charge is 2.50. The zero-order valence-electron chi connectivity index (χ0n) is 10.1. The number of nitrogens with one attached hydrogen (secondary N) is 1. The van der Waals surface area contributed by atoms with Crippen LogP contribution in [0.3, 0.4) is 0 Å². The van der Waals surface area contributed by atoms with Gasteiger partial charge in [0.1, 0.15) is 0 Å². The van der Waals surface area contributed by atoms with Crippen LogP contribution in [0.5, 0.6) is 0 Å². The predicted molar refractivity (Wildman–Crippen MR) is 67.1 cm³/mol. The highest BCUT2D eigenvalue weighted by molar-refractivity contribution is 5.16. The van der Waals surface area contributed by atoms with Crippen molar-refractivity contribution in [1.82, 2.24) is 5.32 Å². The van der Waals surface area contributed by atoms with E-state index in [0.717, 1.165) is 18.4 Å². The van der Waals surface area contributed by atoms with E-state index in [4.69, 9.17) is 0 Å². The second-order valence-electron chi connectivity index (χ2n) is 5.67. The van der Waals surface area contributed by atoms with Crippen LogP contribution in [0, 0.1) is 11.8 Å². The Morgan fingerprint density at radius 2 is 1.62 bits per heavy atom. The predicted octanol–water partition coefficient (Wildman–Crippen LogP) is 3.35. The van der Waals surface area contributed by atoms with E-state index in [1.165, 1.54) is 31.2 Å². The average molecular weight is 215 g/mol. The zero-order valence-corrected chi connectivity index (χ0v) is 10.1. The smallest absolute Gasteiger partial charge is 0.0212 e. The van der Waals surface area contributed by atoms with E-state index in [1.807, 2.05) is 0 Å². The SMILES string of the molecule is CC(NCc1ccccc1)(C1CC1)C1CC1. The fraction of sp³-hybridized carbons (Fsp3) is 0.600. The highest BCUT2D eigenvalue weighted by atomic mass is 15.0. The van der Waals surface area contributed by atoms with Crippen molar-refractivity contribution in [3.05, 3.63) is 35.9 Å². The molecular formula is C15H21N. The van der Waals surface area contributed by atoms with Gasteiger partial charge in [-0.05, 0) is 50.0 Å². The minimum atomic E-state index is 0.426. The summed E-state index contributed by atoms with van der Waals surface area (Å²) in [5.74, 6) is 1.90. The van der Waals surface area contributed by atoms with Gasteiger partial charge in [-0.1, -0.05) is 30.3 Å². The van der Waals surface area contributed by atoms with Crippen LogP contribution >= 0.6 is 0 Å². The topological polar surface area (TPSA) is 12.0 Å². The van der Waals surface area contributed by atoms with Gasteiger partial charge in [0.25, 0.3) is 0 Å².